The van der Waals surface area contributed by atoms with E-state index in [1.54, 1.807) is 0 Å². The van der Waals surface area contributed by atoms with Crippen molar-refractivity contribution in [3.8, 4) is 0 Å². The van der Waals surface area contributed by atoms with E-state index < -0.39 is 10.3 Å². The molecule has 7 heteroatoms. The average Bonchev–Trinajstić information content (AvgIpc) is 2.29. The van der Waals surface area contributed by atoms with Crippen LogP contribution in [0.5, 0.6) is 0 Å². The molecule has 0 amide bonds. The van der Waals surface area contributed by atoms with Gasteiger partial charge in [0, 0.05) is 9.35 Å². The molecule has 0 saturated heterocycles. The van der Waals surface area contributed by atoms with Crippen molar-refractivity contribution in [3.63, 3.8) is 0 Å². The smallest absolute Gasteiger partial charge is 0.253 e. The van der Waals surface area contributed by atoms with Gasteiger partial charge in [-0.3, -0.25) is 4.18 Å². The van der Waals surface area contributed by atoms with Crippen LogP contribution >= 0.6 is 27.3 Å². The van der Waals surface area contributed by atoms with Crippen molar-refractivity contribution < 1.29 is 12.6 Å². The highest BCUT2D eigenvalue weighted by molar-refractivity contribution is 9.10. The maximum absolute atomic E-state index is 10.4. The number of hydrogen-bond acceptors (Lipinski definition) is 4. The molecular formula is C5H6BrNO3S2. The van der Waals surface area contributed by atoms with Gasteiger partial charge in [0.25, 0.3) is 0 Å². The van der Waals surface area contributed by atoms with Crippen molar-refractivity contribution in [3.05, 3.63) is 20.8 Å². The molecule has 0 spiro atoms. The average molecular weight is 272 g/mol. The lowest BCUT2D eigenvalue weighted by Gasteiger charge is -1.97. The highest BCUT2D eigenvalue weighted by Gasteiger charge is 2.06. The summed E-state index contributed by atoms with van der Waals surface area (Å²) < 4.78 is 26.0. The van der Waals surface area contributed by atoms with Gasteiger partial charge in [0.05, 0.1) is 0 Å². The molecule has 12 heavy (non-hydrogen) atoms. The van der Waals surface area contributed by atoms with Crippen LogP contribution in [0.15, 0.2) is 15.9 Å². The molecule has 0 fully saturated rings. The first-order chi connectivity index (χ1) is 5.49. The molecule has 1 aromatic rings. The molecule has 0 aromatic carbocycles. The van der Waals surface area contributed by atoms with Crippen molar-refractivity contribution in [2.45, 2.75) is 6.61 Å². The lowest BCUT2D eigenvalue weighted by atomic mass is 10.5. The Bertz CT molecular complexity index is 359. The Balaban J connectivity index is 2.61. The van der Waals surface area contributed by atoms with E-state index in [9.17, 15) is 8.42 Å². The summed E-state index contributed by atoms with van der Waals surface area (Å²) in [5, 5.41) is 6.47. The van der Waals surface area contributed by atoms with E-state index in [4.69, 9.17) is 0 Å². The molecule has 2 N–H and O–H groups in total. The van der Waals surface area contributed by atoms with Crippen LogP contribution in [0.2, 0.25) is 0 Å². The third kappa shape index (κ3) is 3.20. The minimum atomic E-state index is -3.83. The summed E-state index contributed by atoms with van der Waals surface area (Å²) in [6.07, 6.45) is 0. The van der Waals surface area contributed by atoms with Crippen LogP contribution in [-0.2, 0) is 21.1 Å². The second kappa shape index (κ2) is 3.84. The molecule has 1 heterocycles. The van der Waals surface area contributed by atoms with Crippen molar-refractivity contribution in [2.24, 2.45) is 5.14 Å². The van der Waals surface area contributed by atoms with Gasteiger partial charge in [0.15, 0.2) is 0 Å². The van der Waals surface area contributed by atoms with Gasteiger partial charge in [-0.15, -0.1) is 11.3 Å². The molecule has 0 radical (unpaired) electrons. The van der Waals surface area contributed by atoms with E-state index in [2.05, 4.69) is 25.3 Å². The highest BCUT2D eigenvalue weighted by atomic mass is 79.9. The van der Waals surface area contributed by atoms with Gasteiger partial charge in [0.2, 0.25) is 0 Å². The molecule has 0 aliphatic carbocycles. The number of rotatable bonds is 3. The van der Waals surface area contributed by atoms with Gasteiger partial charge < -0.3 is 0 Å². The maximum Gasteiger partial charge on any atom is 0.333 e. The highest BCUT2D eigenvalue weighted by Crippen LogP contribution is 2.23. The Hall–Kier alpha value is 0.0500. The van der Waals surface area contributed by atoms with E-state index >= 15 is 0 Å². The summed E-state index contributed by atoms with van der Waals surface area (Å²) >= 11 is 4.63. The fourth-order valence-electron chi connectivity index (χ4n) is 0.564. The Morgan fingerprint density at radius 2 is 2.33 bits per heavy atom. The van der Waals surface area contributed by atoms with Crippen LogP contribution in [0.4, 0.5) is 0 Å². The van der Waals surface area contributed by atoms with E-state index in [1.165, 1.54) is 11.3 Å². The second-order valence-corrected chi connectivity index (χ2v) is 5.02. The molecule has 0 aliphatic rings. The summed E-state index contributed by atoms with van der Waals surface area (Å²) in [4.78, 5) is 0.795. The Labute approximate surface area is 82.7 Å². The SMILES string of the molecule is NS(=O)(=O)OCc1sccc1Br. The van der Waals surface area contributed by atoms with Crippen LogP contribution in [0.25, 0.3) is 0 Å². The lowest BCUT2D eigenvalue weighted by molar-refractivity contribution is 0.311. The quantitative estimate of drug-likeness (QED) is 0.899. The number of hydrogen-bond donors (Lipinski definition) is 1. The largest absolute Gasteiger partial charge is 0.333 e. The predicted molar refractivity (Wildman–Crippen MR) is 49.9 cm³/mol. The number of thiophene rings is 1. The molecule has 0 bridgehead atoms. The molecular weight excluding hydrogens is 266 g/mol. The van der Waals surface area contributed by atoms with Gasteiger partial charge in [-0.25, -0.2) is 5.14 Å². The number of halogens is 1. The van der Waals surface area contributed by atoms with Gasteiger partial charge >= 0.3 is 10.3 Å². The lowest BCUT2D eigenvalue weighted by Crippen LogP contribution is -2.15. The van der Waals surface area contributed by atoms with Gasteiger partial charge in [-0.05, 0) is 27.4 Å². The molecule has 0 atom stereocenters. The van der Waals surface area contributed by atoms with Crippen LogP contribution in [0, 0.1) is 0 Å². The van der Waals surface area contributed by atoms with Crippen LogP contribution in [0.1, 0.15) is 4.88 Å². The minimum absolute atomic E-state index is 0.0168. The minimum Gasteiger partial charge on any atom is -0.253 e. The van der Waals surface area contributed by atoms with E-state index in [0.717, 1.165) is 9.35 Å². The molecule has 1 aromatic heterocycles. The van der Waals surface area contributed by atoms with Crippen molar-refractivity contribution in [2.75, 3.05) is 0 Å². The van der Waals surface area contributed by atoms with Crippen LogP contribution in [0.3, 0.4) is 0 Å². The first-order valence-corrected chi connectivity index (χ1v) is 6.02. The zero-order valence-electron chi connectivity index (χ0n) is 5.86. The van der Waals surface area contributed by atoms with Crippen molar-refractivity contribution >= 4 is 37.6 Å². The molecule has 0 aliphatic heterocycles. The molecule has 0 unspecified atom stereocenters. The maximum atomic E-state index is 10.4. The second-order valence-electron chi connectivity index (χ2n) is 1.95. The van der Waals surface area contributed by atoms with E-state index in [0.29, 0.717) is 0 Å². The Kier molecular flexibility index (Phi) is 3.24. The summed E-state index contributed by atoms with van der Waals surface area (Å²) in [5.74, 6) is 0. The summed E-state index contributed by atoms with van der Waals surface area (Å²) in [6.45, 7) is -0.0168. The van der Waals surface area contributed by atoms with Crippen molar-refractivity contribution in [1.82, 2.24) is 0 Å². The Morgan fingerprint density at radius 3 is 2.75 bits per heavy atom. The topological polar surface area (TPSA) is 69.4 Å². The molecule has 4 nitrogen and oxygen atoms in total. The zero-order chi connectivity index (χ0) is 9.19. The van der Waals surface area contributed by atoms with Crippen LogP contribution < -0.4 is 5.14 Å². The van der Waals surface area contributed by atoms with Crippen LogP contribution in [-0.4, -0.2) is 8.42 Å². The molecule has 68 valence electrons. The fourth-order valence-corrected chi connectivity index (χ4v) is 2.30. The monoisotopic (exact) mass is 271 g/mol. The normalized spacial score (nSPS) is 11.8. The predicted octanol–water partition coefficient (Wildman–Crippen LogP) is 1.23. The van der Waals surface area contributed by atoms with Gasteiger partial charge in [-0.1, -0.05) is 0 Å². The molecule has 1 rings (SSSR count). The van der Waals surface area contributed by atoms with E-state index in [-0.39, 0.29) is 6.61 Å². The zero-order valence-corrected chi connectivity index (χ0v) is 9.08. The number of nitrogens with two attached hydrogens (primary N) is 1. The molecule has 0 saturated carbocycles. The van der Waals surface area contributed by atoms with E-state index in [1.807, 2.05) is 11.4 Å². The fraction of sp³-hybridized carbons (Fsp3) is 0.200. The Morgan fingerprint density at radius 1 is 1.67 bits per heavy atom. The van der Waals surface area contributed by atoms with Gasteiger partial charge in [0.1, 0.15) is 6.61 Å². The third-order valence-corrected chi connectivity index (χ3v) is 3.39. The summed E-state index contributed by atoms with van der Waals surface area (Å²) in [6, 6.07) is 1.81. The summed E-state index contributed by atoms with van der Waals surface area (Å²) in [7, 11) is -3.83. The van der Waals surface area contributed by atoms with Crippen molar-refractivity contribution in [1.29, 1.82) is 0 Å². The first-order valence-electron chi connectivity index (χ1n) is 2.88. The third-order valence-electron chi connectivity index (χ3n) is 1.05. The first kappa shape index (κ1) is 10.1. The standard InChI is InChI=1S/C5H6BrNO3S2/c6-4-1-2-11-5(4)3-10-12(7,8)9/h1-2H,3H2,(H2,7,8,9). The van der Waals surface area contributed by atoms with Gasteiger partial charge in [-0.2, -0.15) is 8.42 Å². The summed E-state index contributed by atoms with van der Waals surface area (Å²) in [5.41, 5.74) is 0.